The number of ketones is 1. The number of carbonyl (C=O) groups is 3. The summed E-state index contributed by atoms with van der Waals surface area (Å²) in [7, 11) is 0. The van der Waals surface area contributed by atoms with E-state index in [1.54, 1.807) is 29.4 Å². The minimum absolute atomic E-state index is 0.143. The van der Waals surface area contributed by atoms with Gasteiger partial charge in [-0.3, -0.25) is 14.6 Å². The van der Waals surface area contributed by atoms with Gasteiger partial charge < -0.3 is 26.2 Å². The number of pyridine rings is 1. The van der Waals surface area contributed by atoms with E-state index in [1.807, 2.05) is 0 Å². The molecule has 3 rings (SSSR count). The van der Waals surface area contributed by atoms with Crippen LogP contribution in [0.2, 0.25) is 0 Å². The van der Waals surface area contributed by atoms with Crippen molar-refractivity contribution in [3.05, 3.63) is 24.5 Å². The Morgan fingerprint density at radius 1 is 1.27 bits per heavy atom. The molecule has 5 N–H and O–H groups in total. The van der Waals surface area contributed by atoms with E-state index in [0.29, 0.717) is 6.54 Å². The van der Waals surface area contributed by atoms with Crippen LogP contribution in [-0.2, 0) is 14.4 Å². The highest BCUT2D eigenvalue weighted by atomic mass is 16.4. The highest BCUT2D eigenvalue weighted by Gasteiger charge is 2.43. The fourth-order valence-electron chi connectivity index (χ4n) is 3.38. The zero-order chi connectivity index (χ0) is 22.1. The number of terminal acetylenes is 1. The number of anilines is 1. The van der Waals surface area contributed by atoms with E-state index < -0.39 is 24.0 Å². The molecule has 0 bridgehead atoms. The van der Waals surface area contributed by atoms with Gasteiger partial charge in [0, 0.05) is 36.6 Å². The van der Waals surface area contributed by atoms with E-state index >= 15 is 0 Å². The molecule has 30 heavy (non-hydrogen) atoms. The van der Waals surface area contributed by atoms with Gasteiger partial charge in [0.05, 0.1) is 12.5 Å². The smallest absolute Gasteiger partial charge is 0.334 e. The Labute approximate surface area is 175 Å². The van der Waals surface area contributed by atoms with Gasteiger partial charge in [0.15, 0.2) is 11.8 Å². The van der Waals surface area contributed by atoms with Gasteiger partial charge in [-0.05, 0) is 44.4 Å². The molecule has 2 heterocycles. The standard InChI is InChI=1S/C16H21N3O3.C5H7NO2/c20-15(11-2-1-7-18-10-11)14(16(21)22)19(12-3-4-12)13-5-8-17-9-6-13;1-2-4(6)3-5(7)8/h5-6,8-9,11-12,14,18H,1-4,7,10H2,(H,21,22);1,4H,3,6H2,(H,7,8)/t;4-/m.1/s1. The van der Waals surface area contributed by atoms with E-state index in [9.17, 15) is 19.5 Å². The Morgan fingerprint density at radius 2 is 1.93 bits per heavy atom. The lowest BCUT2D eigenvalue weighted by molar-refractivity contribution is -0.143. The van der Waals surface area contributed by atoms with Crippen LogP contribution in [0.5, 0.6) is 0 Å². The van der Waals surface area contributed by atoms with Crippen LogP contribution in [0.1, 0.15) is 32.1 Å². The number of aliphatic carboxylic acids is 2. The number of Topliss-reactive ketones (excluding diaryl/α,β-unsaturated/α-hetero) is 1. The molecule has 0 amide bonds. The molecule has 2 aliphatic rings. The number of hydrogen-bond acceptors (Lipinski definition) is 7. The second-order valence-corrected chi connectivity index (χ2v) is 7.40. The van der Waals surface area contributed by atoms with Crippen LogP contribution in [0, 0.1) is 18.3 Å². The van der Waals surface area contributed by atoms with Crippen molar-refractivity contribution in [1.29, 1.82) is 0 Å². The summed E-state index contributed by atoms with van der Waals surface area (Å²) in [6, 6.07) is 1.96. The zero-order valence-electron chi connectivity index (χ0n) is 16.7. The summed E-state index contributed by atoms with van der Waals surface area (Å²) >= 11 is 0. The number of carbonyl (C=O) groups excluding carboxylic acids is 1. The second kappa shape index (κ2) is 11.3. The van der Waals surface area contributed by atoms with Crippen LogP contribution < -0.4 is 16.0 Å². The number of aromatic nitrogens is 1. The van der Waals surface area contributed by atoms with Crippen molar-refractivity contribution in [2.75, 3.05) is 18.0 Å². The topological polar surface area (TPSA) is 146 Å². The molecule has 0 spiro atoms. The molecule has 1 saturated heterocycles. The van der Waals surface area contributed by atoms with Crippen LogP contribution >= 0.6 is 0 Å². The molecule has 1 aromatic heterocycles. The molecule has 1 aliphatic heterocycles. The number of rotatable bonds is 8. The van der Waals surface area contributed by atoms with Crippen molar-refractivity contribution in [3.8, 4) is 12.3 Å². The molecule has 9 heteroatoms. The van der Waals surface area contributed by atoms with Crippen LogP contribution in [0.4, 0.5) is 5.69 Å². The van der Waals surface area contributed by atoms with Crippen molar-refractivity contribution in [1.82, 2.24) is 10.3 Å². The summed E-state index contributed by atoms with van der Waals surface area (Å²) < 4.78 is 0. The van der Waals surface area contributed by atoms with Gasteiger partial charge in [0.25, 0.3) is 0 Å². The first-order chi connectivity index (χ1) is 14.3. The number of nitrogens with two attached hydrogens (primary N) is 1. The maximum Gasteiger partial charge on any atom is 0.334 e. The number of hydrogen-bond donors (Lipinski definition) is 4. The lowest BCUT2D eigenvalue weighted by atomic mass is 9.90. The SMILES string of the molecule is C#C[C@@H](N)CC(=O)O.O=C(O)C(C(=O)C1CCCNC1)N(c1ccncc1)C1CC1. The minimum Gasteiger partial charge on any atom is -0.481 e. The van der Waals surface area contributed by atoms with Crippen molar-refractivity contribution in [2.24, 2.45) is 11.7 Å². The number of nitrogens with one attached hydrogen (secondary N) is 1. The Balaban J connectivity index is 0.000000343. The number of carboxylic acids is 2. The van der Waals surface area contributed by atoms with Gasteiger partial charge in [0.1, 0.15) is 0 Å². The van der Waals surface area contributed by atoms with Gasteiger partial charge in [-0.2, -0.15) is 0 Å². The summed E-state index contributed by atoms with van der Waals surface area (Å²) in [6.45, 7) is 1.48. The van der Waals surface area contributed by atoms with Crippen molar-refractivity contribution in [3.63, 3.8) is 0 Å². The highest BCUT2D eigenvalue weighted by molar-refractivity contribution is 6.06. The Kier molecular flexibility index (Phi) is 8.77. The third-order valence-corrected chi connectivity index (χ3v) is 4.99. The fraction of sp³-hybridized carbons (Fsp3) is 0.524. The predicted octanol–water partition coefficient (Wildman–Crippen LogP) is 0.494. The van der Waals surface area contributed by atoms with Crippen LogP contribution in [0.15, 0.2) is 24.5 Å². The number of carboxylic acid groups (broad SMARTS) is 2. The van der Waals surface area contributed by atoms with E-state index in [1.165, 1.54) is 0 Å². The Hall–Kier alpha value is -2.96. The first-order valence-corrected chi connectivity index (χ1v) is 9.94. The summed E-state index contributed by atoms with van der Waals surface area (Å²) in [5.41, 5.74) is 5.82. The maximum atomic E-state index is 12.8. The van der Waals surface area contributed by atoms with E-state index in [2.05, 4.69) is 16.2 Å². The third kappa shape index (κ3) is 6.83. The van der Waals surface area contributed by atoms with E-state index in [-0.39, 0.29) is 24.2 Å². The summed E-state index contributed by atoms with van der Waals surface area (Å²) in [6.07, 6.45) is 11.4. The molecule has 1 aromatic rings. The van der Waals surface area contributed by atoms with Gasteiger partial charge >= 0.3 is 11.9 Å². The van der Waals surface area contributed by atoms with Gasteiger partial charge in [0.2, 0.25) is 0 Å². The molecule has 9 nitrogen and oxygen atoms in total. The van der Waals surface area contributed by atoms with E-state index in [0.717, 1.165) is 37.9 Å². The monoisotopic (exact) mass is 416 g/mol. The average molecular weight is 416 g/mol. The number of piperidine rings is 1. The average Bonchev–Trinajstić information content (AvgIpc) is 3.57. The van der Waals surface area contributed by atoms with Crippen LogP contribution in [0.25, 0.3) is 0 Å². The molecule has 2 fully saturated rings. The van der Waals surface area contributed by atoms with Crippen LogP contribution in [0.3, 0.4) is 0 Å². The lowest BCUT2D eigenvalue weighted by Gasteiger charge is -2.33. The second-order valence-electron chi connectivity index (χ2n) is 7.40. The molecule has 1 saturated carbocycles. The van der Waals surface area contributed by atoms with E-state index in [4.69, 9.17) is 17.3 Å². The molecular weight excluding hydrogens is 388 g/mol. The molecule has 0 aromatic carbocycles. The van der Waals surface area contributed by atoms with Gasteiger partial charge in [-0.25, -0.2) is 4.79 Å². The van der Waals surface area contributed by atoms with Gasteiger partial charge in [-0.15, -0.1) is 6.42 Å². The zero-order valence-corrected chi connectivity index (χ0v) is 16.7. The van der Waals surface area contributed by atoms with Crippen molar-refractivity contribution in [2.45, 2.75) is 50.2 Å². The molecule has 162 valence electrons. The molecule has 2 unspecified atom stereocenters. The first kappa shape index (κ1) is 23.3. The van der Waals surface area contributed by atoms with Gasteiger partial charge in [-0.1, -0.05) is 5.92 Å². The fourth-order valence-corrected chi connectivity index (χ4v) is 3.38. The minimum atomic E-state index is -1.10. The Morgan fingerprint density at radius 3 is 2.37 bits per heavy atom. The quantitative estimate of drug-likeness (QED) is 0.351. The highest BCUT2D eigenvalue weighted by Crippen LogP contribution is 2.34. The molecule has 3 atom stereocenters. The van der Waals surface area contributed by atoms with Crippen molar-refractivity contribution >= 4 is 23.4 Å². The summed E-state index contributed by atoms with van der Waals surface area (Å²) in [4.78, 5) is 40.2. The summed E-state index contributed by atoms with van der Waals surface area (Å²) in [5, 5.41) is 20.9. The third-order valence-electron chi connectivity index (χ3n) is 4.99. The van der Waals surface area contributed by atoms with Crippen LogP contribution in [-0.4, -0.2) is 64.1 Å². The normalized spacial score (nSPS) is 19.9. The van der Waals surface area contributed by atoms with Crippen molar-refractivity contribution < 1.29 is 24.6 Å². The largest absolute Gasteiger partial charge is 0.481 e. The maximum absolute atomic E-state index is 12.8. The number of nitrogens with zero attached hydrogens (tertiary/aromatic N) is 2. The molecular formula is C21H28N4O5. The molecule has 1 aliphatic carbocycles. The molecule has 0 radical (unpaired) electrons. The lowest BCUT2D eigenvalue weighted by Crippen LogP contribution is -2.52. The Bertz CT molecular complexity index is 769. The predicted molar refractivity (Wildman–Crippen MR) is 111 cm³/mol. The first-order valence-electron chi connectivity index (χ1n) is 9.94. The summed E-state index contributed by atoms with van der Waals surface area (Å²) in [5.74, 6) is -0.313.